The van der Waals surface area contributed by atoms with E-state index in [-0.39, 0.29) is 58.9 Å². The number of carbonyl (C=O) groups is 4. The van der Waals surface area contributed by atoms with Gasteiger partial charge in [0.15, 0.2) is 11.6 Å². The maximum atomic E-state index is 17.2. The fourth-order valence-corrected chi connectivity index (χ4v) is 13.4. The topological polar surface area (TPSA) is 181 Å². The quantitative estimate of drug-likeness (QED) is 0.0818. The number of amides is 4. The first-order chi connectivity index (χ1) is 39.2. The van der Waals surface area contributed by atoms with E-state index in [4.69, 9.17) is 19.4 Å². The summed E-state index contributed by atoms with van der Waals surface area (Å²) in [4.78, 5) is 77.4. The maximum absolute atomic E-state index is 17.2. The van der Waals surface area contributed by atoms with Gasteiger partial charge in [0.2, 0.25) is 11.8 Å². The third-order valence-corrected chi connectivity index (χ3v) is 17.6. The molecule has 7 aromatic rings. The Kier molecular flexibility index (Phi) is 15.5. The SMILES string of the molecule is COC(=O)N[C@H](C(=O)N1CCCC1c1nc2cc([C@H]3CC[C@H](c4ccc5[nH]c([C@@H]6CCCN6C(=O)[C@@H](NC(=O)OC)C(C)C)nc5c4)N3c3cc(F)c(N4CCC(c5ccccc5)(c5ccccc5)CC4)c(F)c3)ccc2[nH]1)C(C)C. The van der Waals surface area contributed by atoms with Gasteiger partial charge >= 0.3 is 12.2 Å². The number of rotatable bonds is 14. The number of carbonyl (C=O) groups excluding carboxylic acids is 4. The number of piperidine rings is 1. The summed E-state index contributed by atoms with van der Waals surface area (Å²) in [5, 5.41) is 5.45. The number of aromatic nitrogens is 4. The van der Waals surface area contributed by atoms with E-state index in [1.807, 2.05) is 105 Å². The summed E-state index contributed by atoms with van der Waals surface area (Å²) < 4.78 is 44.2. The van der Waals surface area contributed by atoms with Crippen LogP contribution in [-0.2, 0) is 24.5 Å². The number of aromatic amines is 2. The number of hydrogen-bond acceptors (Lipinski definition) is 10. The Morgan fingerprint density at radius 3 is 1.42 bits per heavy atom. The van der Waals surface area contributed by atoms with E-state index in [1.54, 1.807) is 9.80 Å². The molecule has 4 aliphatic rings. The minimum absolute atomic E-state index is 0.0304. The lowest BCUT2D eigenvalue weighted by Gasteiger charge is -2.44. The Balaban J connectivity index is 0.921. The number of anilines is 2. The molecule has 4 aliphatic heterocycles. The van der Waals surface area contributed by atoms with Gasteiger partial charge in [-0.05, 0) is 122 Å². The number of imidazole rings is 2. The Bertz CT molecular complexity index is 3220. The lowest BCUT2D eigenvalue weighted by molar-refractivity contribution is -0.136. The molecule has 5 aromatic carbocycles. The normalized spacial score (nSPS) is 20.8. The highest BCUT2D eigenvalue weighted by atomic mass is 19.1. The van der Waals surface area contributed by atoms with Gasteiger partial charge < -0.3 is 49.7 Å². The monoisotopic (exact) mass is 1100 g/mol. The van der Waals surface area contributed by atoms with Gasteiger partial charge in [-0.2, -0.15) is 0 Å². The number of ether oxygens (including phenoxy) is 2. The van der Waals surface area contributed by atoms with Crippen molar-refractivity contribution in [3.63, 3.8) is 0 Å². The van der Waals surface area contributed by atoms with Crippen molar-refractivity contribution in [2.45, 2.75) is 121 Å². The van der Waals surface area contributed by atoms with Crippen molar-refractivity contribution in [1.29, 1.82) is 0 Å². The highest BCUT2D eigenvalue weighted by Gasteiger charge is 2.43. The summed E-state index contributed by atoms with van der Waals surface area (Å²) in [5.41, 5.74) is 7.25. The van der Waals surface area contributed by atoms with E-state index in [9.17, 15) is 19.2 Å². The predicted octanol–water partition coefficient (Wildman–Crippen LogP) is 11.5. The number of nitrogens with one attached hydrogen (secondary N) is 4. The summed E-state index contributed by atoms with van der Waals surface area (Å²) in [7, 11) is 2.55. The molecular formula is C63H72F2N10O6. The number of methoxy groups -OCH3 is 2. The molecule has 4 N–H and O–H groups in total. The number of halogens is 2. The second kappa shape index (κ2) is 22.8. The van der Waals surface area contributed by atoms with Gasteiger partial charge in [-0.25, -0.2) is 28.3 Å². The Hall–Kier alpha value is -8.02. The van der Waals surface area contributed by atoms with Gasteiger partial charge in [-0.3, -0.25) is 9.59 Å². The van der Waals surface area contributed by atoms with Crippen molar-refractivity contribution in [2.75, 3.05) is 50.2 Å². The van der Waals surface area contributed by atoms with Crippen LogP contribution in [0, 0.1) is 23.5 Å². The Labute approximate surface area is 471 Å². The van der Waals surface area contributed by atoms with Crippen molar-refractivity contribution in [3.05, 3.63) is 155 Å². The van der Waals surface area contributed by atoms with Crippen LogP contribution in [-0.4, -0.2) is 106 Å². The lowest BCUT2D eigenvalue weighted by Crippen LogP contribution is -2.51. The van der Waals surface area contributed by atoms with Crippen molar-refractivity contribution in [2.24, 2.45) is 11.8 Å². The fraction of sp³-hybridized carbons (Fsp3) is 0.429. The molecule has 2 aromatic heterocycles. The molecule has 424 valence electrons. The van der Waals surface area contributed by atoms with Gasteiger partial charge in [-0.15, -0.1) is 0 Å². The second-order valence-electron chi connectivity index (χ2n) is 23.0. The number of nitrogens with zero attached hydrogens (tertiary/aromatic N) is 6. The molecule has 0 spiro atoms. The Morgan fingerprint density at radius 1 is 0.580 bits per heavy atom. The zero-order valence-corrected chi connectivity index (χ0v) is 46.9. The highest BCUT2D eigenvalue weighted by Crippen LogP contribution is 2.50. The molecule has 6 heterocycles. The Morgan fingerprint density at radius 2 is 1.01 bits per heavy atom. The van der Waals surface area contributed by atoms with Gasteiger partial charge in [0.05, 0.1) is 60.5 Å². The first-order valence-electron chi connectivity index (χ1n) is 28.6. The largest absolute Gasteiger partial charge is 0.453 e. The molecule has 16 nitrogen and oxygen atoms in total. The number of benzene rings is 5. The smallest absolute Gasteiger partial charge is 0.407 e. The number of fused-ring (bicyclic) bond motifs is 2. The zero-order chi connectivity index (χ0) is 56.7. The zero-order valence-electron chi connectivity index (χ0n) is 46.9. The third kappa shape index (κ3) is 10.5. The molecule has 0 bridgehead atoms. The molecule has 4 amide bonds. The van der Waals surface area contributed by atoms with Crippen LogP contribution in [0.25, 0.3) is 22.1 Å². The molecule has 0 saturated carbocycles. The lowest BCUT2D eigenvalue weighted by atomic mass is 9.68. The average molecular weight is 1100 g/mol. The molecule has 4 saturated heterocycles. The minimum Gasteiger partial charge on any atom is -0.453 e. The van der Waals surface area contributed by atoms with Crippen LogP contribution in [0.4, 0.5) is 29.7 Å². The average Bonchev–Trinajstić information content (AvgIpc) is 4.48. The van der Waals surface area contributed by atoms with E-state index >= 15 is 8.78 Å². The molecule has 0 aliphatic carbocycles. The van der Waals surface area contributed by atoms with Crippen LogP contribution < -0.4 is 20.4 Å². The minimum atomic E-state index is -0.775. The second-order valence-corrected chi connectivity index (χ2v) is 23.0. The highest BCUT2D eigenvalue weighted by molar-refractivity contribution is 5.88. The molecule has 6 atom stereocenters. The van der Waals surface area contributed by atoms with E-state index in [0.29, 0.717) is 93.1 Å². The van der Waals surface area contributed by atoms with Crippen molar-refractivity contribution in [3.8, 4) is 0 Å². The van der Waals surface area contributed by atoms with E-state index < -0.39 is 35.9 Å². The van der Waals surface area contributed by atoms with Crippen LogP contribution >= 0.6 is 0 Å². The summed E-state index contributed by atoms with van der Waals surface area (Å²) in [5.74, 6) is -0.733. The number of likely N-dealkylation sites (tertiary alicyclic amines) is 2. The number of alkyl carbamates (subject to hydrolysis) is 2. The van der Waals surface area contributed by atoms with Crippen molar-refractivity contribution < 1.29 is 37.4 Å². The molecule has 4 fully saturated rings. The summed E-state index contributed by atoms with van der Waals surface area (Å²) in [6.07, 6.45) is 4.24. The molecular weight excluding hydrogens is 1030 g/mol. The molecule has 18 heteroatoms. The van der Waals surface area contributed by atoms with Gasteiger partial charge in [0.25, 0.3) is 0 Å². The maximum Gasteiger partial charge on any atom is 0.407 e. The first kappa shape index (κ1) is 54.9. The van der Waals surface area contributed by atoms with Crippen LogP contribution in [0.2, 0.25) is 0 Å². The molecule has 11 rings (SSSR count). The molecule has 0 radical (unpaired) electrons. The van der Waals surface area contributed by atoms with Crippen LogP contribution in [0.5, 0.6) is 0 Å². The summed E-state index contributed by atoms with van der Waals surface area (Å²) in [6, 6.07) is 33.1. The van der Waals surface area contributed by atoms with Crippen molar-refractivity contribution in [1.82, 2.24) is 40.4 Å². The summed E-state index contributed by atoms with van der Waals surface area (Å²) >= 11 is 0. The van der Waals surface area contributed by atoms with Crippen LogP contribution in [0.1, 0.15) is 137 Å². The van der Waals surface area contributed by atoms with Gasteiger partial charge in [-0.1, -0.05) is 100 Å². The van der Waals surface area contributed by atoms with Gasteiger partial charge in [0.1, 0.15) is 29.4 Å². The predicted molar refractivity (Wildman–Crippen MR) is 307 cm³/mol. The van der Waals surface area contributed by atoms with Crippen molar-refractivity contribution >= 4 is 57.4 Å². The summed E-state index contributed by atoms with van der Waals surface area (Å²) in [6.45, 7) is 9.47. The fourth-order valence-electron chi connectivity index (χ4n) is 13.4. The standard InChI is InChI=1S/C63H72F2N10O6/c1-37(2)54(70-61(78)80-5)59(76)73-29-13-19-52(73)57-66-46-23-21-39(33-48(46)68-57)50-25-26-51(40-22-24-47-49(34-40)69-58(67-47)53-20-14-30-74(53)60(77)55(38(3)4)71-62(79)81-6)75(50)43-35-44(64)56(45(65)36-43)72-31-27-63(28-32-72,41-15-9-7-10-16-41)42-17-11-8-12-18-42/h7-12,15-18,21-24,33-38,50-55H,13-14,19-20,25-32H2,1-6H3,(H,66,68)(H,67,69)(H,70,78)(H,71,79)/t50-,51-,52+,53?,54+,55+/m1/s1. The molecule has 1 unspecified atom stereocenters. The van der Waals surface area contributed by atoms with E-state index in [1.165, 1.54) is 37.5 Å². The van der Waals surface area contributed by atoms with E-state index in [0.717, 1.165) is 35.0 Å². The third-order valence-electron chi connectivity index (χ3n) is 17.6. The van der Waals surface area contributed by atoms with Crippen LogP contribution in [0.3, 0.4) is 0 Å². The molecule has 81 heavy (non-hydrogen) atoms. The van der Waals surface area contributed by atoms with Crippen LogP contribution in [0.15, 0.2) is 109 Å². The van der Waals surface area contributed by atoms with E-state index in [2.05, 4.69) is 49.8 Å². The van der Waals surface area contributed by atoms with Gasteiger partial charge in [0, 0.05) is 37.3 Å². The number of H-pyrrole nitrogens is 2. The number of hydrogen-bond donors (Lipinski definition) is 4. The first-order valence-corrected chi connectivity index (χ1v) is 28.6.